The van der Waals surface area contributed by atoms with Gasteiger partial charge in [0.1, 0.15) is 11.6 Å². The average Bonchev–Trinajstić information content (AvgIpc) is 2.69. The maximum atomic E-state index is 12.7. The number of hydrogen-bond donors (Lipinski definition) is 3. The van der Waals surface area contributed by atoms with Gasteiger partial charge in [-0.2, -0.15) is 4.72 Å². The van der Waals surface area contributed by atoms with Gasteiger partial charge in [-0.25, -0.2) is 13.2 Å². The molecule has 0 aliphatic rings. The van der Waals surface area contributed by atoms with Crippen molar-refractivity contribution in [1.29, 1.82) is 0 Å². The Morgan fingerprint density at radius 1 is 1.15 bits per heavy atom. The summed E-state index contributed by atoms with van der Waals surface area (Å²) < 4.78 is 37.3. The van der Waals surface area contributed by atoms with Crippen molar-refractivity contribution in [3.8, 4) is 0 Å². The van der Waals surface area contributed by atoms with Crippen molar-refractivity contribution in [2.24, 2.45) is 0 Å². The minimum Gasteiger partial charge on any atom is -0.465 e. The lowest BCUT2D eigenvalue weighted by molar-refractivity contribution is -0.387. The Hall–Kier alpha value is -3.26. The molecule has 0 radical (unpaired) electrons. The third-order valence-electron chi connectivity index (χ3n) is 3.74. The Labute approximate surface area is 191 Å². The van der Waals surface area contributed by atoms with Crippen LogP contribution in [0.25, 0.3) is 0 Å². The van der Waals surface area contributed by atoms with E-state index < -0.39 is 61.7 Å². The topological polar surface area (TPSA) is 183 Å². The van der Waals surface area contributed by atoms with Crippen LogP contribution in [0.3, 0.4) is 0 Å². The maximum Gasteiger partial charge on any atom is 0.407 e. The van der Waals surface area contributed by atoms with E-state index in [0.29, 0.717) is 0 Å². The molecule has 0 saturated carbocycles. The number of alkyl carbamates (subject to hydrolysis) is 1. The molecule has 14 heteroatoms. The van der Waals surface area contributed by atoms with Crippen LogP contribution < -0.4 is 15.4 Å². The summed E-state index contributed by atoms with van der Waals surface area (Å²) in [6, 6.07) is 3.07. The Bertz CT molecular complexity index is 974. The summed E-state index contributed by atoms with van der Waals surface area (Å²) in [5.74, 6) is -1.57. The number of esters is 1. The van der Waals surface area contributed by atoms with Gasteiger partial charge in [0.2, 0.25) is 15.9 Å². The second-order valence-electron chi connectivity index (χ2n) is 7.63. The number of benzene rings is 1. The van der Waals surface area contributed by atoms with E-state index >= 15 is 0 Å². The number of hydrogen-bond acceptors (Lipinski definition) is 9. The van der Waals surface area contributed by atoms with Gasteiger partial charge in [0, 0.05) is 25.6 Å². The first-order valence-electron chi connectivity index (χ1n) is 9.92. The fourth-order valence-electron chi connectivity index (χ4n) is 2.40. The summed E-state index contributed by atoms with van der Waals surface area (Å²) in [7, 11) is -4.51. The molecule has 2 amide bonds. The van der Waals surface area contributed by atoms with E-state index in [4.69, 9.17) is 9.47 Å². The van der Waals surface area contributed by atoms with Gasteiger partial charge in [-0.1, -0.05) is 12.1 Å². The molecule has 0 aliphatic carbocycles. The van der Waals surface area contributed by atoms with Crippen LogP contribution in [0.2, 0.25) is 0 Å². The number of nitrogens with zero attached hydrogens (tertiary/aromatic N) is 1. The van der Waals surface area contributed by atoms with Gasteiger partial charge in [-0.15, -0.1) is 0 Å². The van der Waals surface area contributed by atoms with E-state index in [1.165, 1.54) is 19.1 Å². The molecule has 0 saturated heterocycles. The summed E-state index contributed by atoms with van der Waals surface area (Å²) >= 11 is 0. The van der Waals surface area contributed by atoms with Crippen LogP contribution in [-0.4, -0.2) is 62.7 Å². The standard InChI is InChI=1S/C19H28N4O9S/c1-5-31-17(25)13(12-21-16(24)10-11-20-18(26)32-19(2,3)4)22-33(29,30)15-9-7-6-8-14(15)23(27)28/h6-9,13,22H,5,10-12H2,1-4H3,(H,20,26)(H,21,24)/t13-/m0/s1. The van der Waals surface area contributed by atoms with E-state index in [0.717, 1.165) is 12.1 Å². The lowest BCUT2D eigenvalue weighted by atomic mass is 10.2. The van der Waals surface area contributed by atoms with Crippen molar-refractivity contribution in [2.75, 3.05) is 19.7 Å². The van der Waals surface area contributed by atoms with Crippen LogP contribution in [0, 0.1) is 10.1 Å². The van der Waals surface area contributed by atoms with Crippen molar-refractivity contribution in [3.63, 3.8) is 0 Å². The van der Waals surface area contributed by atoms with Gasteiger partial charge >= 0.3 is 12.1 Å². The average molecular weight is 489 g/mol. The first-order chi connectivity index (χ1) is 15.3. The van der Waals surface area contributed by atoms with Crippen LogP contribution in [0.5, 0.6) is 0 Å². The van der Waals surface area contributed by atoms with Crippen molar-refractivity contribution < 1.29 is 37.2 Å². The van der Waals surface area contributed by atoms with Crippen LogP contribution in [0.4, 0.5) is 10.5 Å². The summed E-state index contributed by atoms with van der Waals surface area (Å²) in [6.07, 6.45) is -0.886. The molecule has 0 fully saturated rings. The molecule has 1 aromatic carbocycles. The van der Waals surface area contributed by atoms with Crippen molar-refractivity contribution in [2.45, 2.75) is 50.7 Å². The molecule has 0 spiro atoms. The highest BCUT2D eigenvalue weighted by molar-refractivity contribution is 7.89. The van der Waals surface area contributed by atoms with E-state index in [2.05, 4.69) is 10.6 Å². The molecule has 184 valence electrons. The molecule has 1 rings (SSSR count). The highest BCUT2D eigenvalue weighted by Gasteiger charge is 2.31. The number of amides is 2. The van der Waals surface area contributed by atoms with E-state index in [1.807, 2.05) is 4.72 Å². The van der Waals surface area contributed by atoms with Crippen molar-refractivity contribution >= 4 is 33.7 Å². The molecule has 0 aromatic heterocycles. The summed E-state index contributed by atoms with van der Waals surface area (Å²) in [5, 5.41) is 15.9. The predicted octanol–water partition coefficient (Wildman–Crippen LogP) is 0.836. The number of sulfonamides is 1. The molecule has 3 N–H and O–H groups in total. The van der Waals surface area contributed by atoms with Gasteiger partial charge in [-0.05, 0) is 33.8 Å². The molecular formula is C19H28N4O9S. The third kappa shape index (κ3) is 9.82. The Morgan fingerprint density at radius 3 is 2.36 bits per heavy atom. The largest absolute Gasteiger partial charge is 0.465 e. The number of carbonyl (C=O) groups excluding carboxylic acids is 3. The zero-order valence-corrected chi connectivity index (χ0v) is 19.6. The minimum atomic E-state index is -4.51. The summed E-state index contributed by atoms with van der Waals surface area (Å²) in [4.78, 5) is 45.5. The molecular weight excluding hydrogens is 460 g/mol. The lowest BCUT2D eigenvalue weighted by Crippen LogP contribution is -2.49. The normalized spacial score (nSPS) is 12.4. The zero-order chi connectivity index (χ0) is 25.2. The Kier molecular flexibility index (Phi) is 10.2. The molecule has 13 nitrogen and oxygen atoms in total. The number of para-hydroxylation sites is 1. The van der Waals surface area contributed by atoms with Crippen LogP contribution >= 0.6 is 0 Å². The quantitative estimate of drug-likeness (QED) is 0.231. The second-order valence-corrected chi connectivity index (χ2v) is 9.32. The van der Waals surface area contributed by atoms with Gasteiger partial charge in [-0.3, -0.25) is 19.7 Å². The van der Waals surface area contributed by atoms with E-state index in [1.54, 1.807) is 20.8 Å². The highest BCUT2D eigenvalue weighted by Crippen LogP contribution is 2.23. The predicted molar refractivity (Wildman–Crippen MR) is 116 cm³/mol. The molecule has 0 heterocycles. The molecule has 0 bridgehead atoms. The molecule has 1 atom stereocenters. The number of nitrogens with one attached hydrogen (secondary N) is 3. The van der Waals surface area contributed by atoms with Crippen molar-refractivity contribution in [1.82, 2.24) is 15.4 Å². The first kappa shape index (κ1) is 27.8. The number of nitro benzene ring substituents is 1. The van der Waals surface area contributed by atoms with Gasteiger partial charge in [0.05, 0.1) is 11.5 Å². The number of carbonyl (C=O) groups is 3. The van der Waals surface area contributed by atoms with Crippen molar-refractivity contribution in [3.05, 3.63) is 34.4 Å². The van der Waals surface area contributed by atoms with Crippen LogP contribution in [-0.2, 0) is 29.1 Å². The van der Waals surface area contributed by atoms with Gasteiger partial charge in [0.15, 0.2) is 4.90 Å². The second kappa shape index (κ2) is 12.1. The maximum absolute atomic E-state index is 12.7. The van der Waals surface area contributed by atoms with E-state index in [-0.39, 0.29) is 19.6 Å². The van der Waals surface area contributed by atoms with Crippen LogP contribution in [0.15, 0.2) is 29.2 Å². The number of ether oxygens (including phenoxy) is 2. The smallest absolute Gasteiger partial charge is 0.407 e. The van der Waals surface area contributed by atoms with Gasteiger partial charge < -0.3 is 20.1 Å². The Balaban J connectivity index is 2.80. The fraction of sp³-hybridized carbons (Fsp3) is 0.526. The molecule has 0 unspecified atom stereocenters. The third-order valence-corrected chi connectivity index (χ3v) is 5.26. The number of rotatable bonds is 11. The molecule has 0 aliphatic heterocycles. The Morgan fingerprint density at radius 2 is 1.79 bits per heavy atom. The lowest BCUT2D eigenvalue weighted by Gasteiger charge is -2.20. The van der Waals surface area contributed by atoms with Gasteiger partial charge in [0.25, 0.3) is 5.69 Å². The fourth-order valence-corrected chi connectivity index (χ4v) is 3.76. The first-order valence-corrected chi connectivity index (χ1v) is 11.4. The van der Waals surface area contributed by atoms with Crippen LogP contribution in [0.1, 0.15) is 34.1 Å². The van der Waals surface area contributed by atoms with E-state index in [9.17, 15) is 32.9 Å². The SMILES string of the molecule is CCOC(=O)[C@H](CNC(=O)CCNC(=O)OC(C)(C)C)NS(=O)(=O)c1ccccc1[N+](=O)[O-]. The summed E-state index contributed by atoms with van der Waals surface area (Å²) in [5.41, 5.74) is -1.38. The molecule has 1 aromatic rings. The zero-order valence-electron chi connectivity index (χ0n) is 18.7. The highest BCUT2D eigenvalue weighted by atomic mass is 32.2. The number of nitro groups is 1. The minimum absolute atomic E-state index is 0.0592. The monoisotopic (exact) mass is 488 g/mol. The summed E-state index contributed by atoms with van der Waals surface area (Å²) in [6.45, 7) is 5.94. The molecule has 33 heavy (non-hydrogen) atoms.